The van der Waals surface area contributed by atoms with Gasteiger partial charge in [0.1, 0.15) is 5.92 Å². The van der Waals surface area contributed by atoms with Gasteiger partial charge < -0.3 is 15.3 Å². The smallest absolute Gasteiger partial charge is 0.311 e. The molecule has 1 fully saturated rings. The van der Waals surface area contributed by atoms with Gasteiger partial charge in [-0.1, -0.05) is 0 Å². The quantitative estimate of drug-likeness (QED) is 0.477. The summed E-state index contributed by atoms with van der Waals surface area (Å²) in [5.74, 6) is -2.14. The standard InChI is InChI=1S/C7H11O4/c8-4-2-1-3-5(9)6(4)7(10)11/h1,4-6,8-9H,2-3H2,(H,10,11). The molecule has 3 N–H and O–H groups in total. The molecule has 1 rings (SSSR count). The summed E-state index contributed by atoms with van der Waals surface area (Å²) in [6, 6.07) is 0. The Hall–Kier alpha value is -0.610. The lowest BCUT2D eigenvalue weighted by molar-refractivity contribution is -0.152. The highest BCUT2D eigenvalue weighted by molar-refractivity contribution is 5.71. The van der Waals surface area contributed by atoms with Crippen molar-refractivity contribution in [2.75, 3.05) is 0 Å². The van der Waals surface area contributed by atoms with E-state index >= 15 is 0 Å². The van der Waals surface area contributed by atoms with E-state index in [4.69, 9.17) is 15.3 Å². The molecule has 1 aliphatic carbocycles. The fourth-order valence-corrected chi connectivity index (χ4v) is 1.32. The Morgan fingerprint density at radius 1 is 1.27 bits per heavy atom. The molecule has 0 aliphatic heterocycles. The molecule has 1 saturated carbocycles. The Balaban J connectivity index is 2.62. The van der Waals surface area contributed by atoms with Crippen LogP contribution in [0.25, 0.3) is 0 Å². The Labute approximate surface area is 64.5 Å². The van der Waals surface area contributed by atoms with Gasteiger partial charge in [0.2, 0.25) is 0 Å². The number of carboxylic acids is 1. The zero-order valence-electron chi connectivity index (χ0n) is 5.97. The Morgan fingerprint density at radius 3 is 2.00 bits per heavy atom. The Kier molecular flexibility index (Phi) is 2.46. The molecule has 4 heteroatoms. The van der Waals surface area contributed by atoms with Gasteiger partial charge in [-0.05, 0) is 19.3 Å². The van der Waals surface area contributed by atoms with Crippen LogP contribution >= 0.6 is 0 Å². The number of carboxylic acid groups (broad SMARTS) is 1. The molecule has 0 spiro atoms. The van der Waals surface area contributed by atoms with E-state index in [9.17, 15) is 4.79 Å². The van der Waals surface area contributed by atoms with Gasteiger partial charge in [-0.25, -0.2) is 0 Å². The van der Waals surface area contributed by atoms with E-state index in [1.54, 1.807) is 6.42 Å². The number of aliphatic hydroxyl groups excluding tert-OH is 2. The lowest BCUT2D eigenvalue weighted by atomic mass is 9.84. The highest BCUT2D eigenvalue weighted by Crippen LogP contribution is 2.24. The van der Waals surface area contributed by atoms with Crippen LogP contribution < -0.4 is 0 Å². The second-order valence-corrected chi connectivity index (χ2v) is 2.76. The molecule has 0 saturated heterocycles. The molecule has 0 aromatic heterocycles. The third kappa shape index (κ3) is 1.70. The van der Waals surface area contributed by atoms with Crippen LogP contribution in [0.5, 0.6) is 0 Å². The van der Waals surface area contributed by atoms with Gasteiger partial charge in [-0.2, -0.15) is 0 Å². The first kappa shape index (κ1) is 8.49. The molecule has 63 valence electrons. The van der Waals surface area contributed by atoms with Crippen molar-refractivity contribution in [2.45, 2.75) is 25.0 Å². The predicted molar refractivity (Wildman–Crippen MR) is 36.7 cm³/mol. The maximum atomic E-state index is 10.4. The van der Waals surface area contributed by atoms with Crippen molar-refractivity contribution in [3.05, 3.63) is 6.42 Å². The summed E-state index contributed by atoms with van der Waals surface area (Å²) >= 11 is 0. The van der Waals surface area contributed by atoms with Crippen LogP contribution in [0.2, 0.25) is 0 Å². The van der Waals surface area contributed by atoms with Crippen molar-refractivity contribution < 1.29 is 20.1 Å². The summed E-state index contributed by atoms with van der Waals surface area (Å²) in [6.45, 7) is 0. The highest BCUT2D eigenvalue weighted by atomic mass is 16.4. The van der Waals surface area contributed by atoms with Crippen molar-refractivity contribution in [3.63, 3.8) is 0 Å². The van der Waals surface area contributed by atoms with Crippen molar-refractivity contribution in [3.8, 4) is 0 Å². The van der Waals surface area contributed by atoms with E-state index in [1.165, 1.54) is 0 Å². The second kappa shape index (κ2) is 3.19. The van der Waals surface area contributed by atoms with Crippen molar-refractivity contribution in [2.24, 2.45) is 5.92 Å². The summed E-state index contributed by atoms with van der Waals surface area (Å²) in [5.41, 5.74) is 0. The van der Waals surface area contributed by atoms with Crippen LogP contribution in [-0.4, -0.2) is 33.5 Å². The van der Waals surface area contributed by atoms with Gasteiger partial charge in [0.25, 0.3) is 0 Å². The minimum absolute atomic E-state index is 0.355. The van der Waals surface area contributed by atoms with Gasteiger partial charge in [-0.3, -0.25) is 4.79 Å². The van der Waals surface area contributed by atoms with Crippen LogP contribution in [0.15, 0.2) is 0 Å². The molecule has 4 nitrogen and oxygen atoms in total. The molecule has 1 aliphatic rings. The Morgan fingerprint density at radius 2 is 1.73 bits per heavy atom. The number of hydrogen-bond acceptors (Lipinski definition) is 3. The minimum Gasteiger partial charge on any atom is -0.481 e. The average molecular weight is 159 g/mol. The third-order valence-electron chi connectivity index (χ3n) is 1.93. The number of aliphatic hydroxyl groups is 2. The van der Waals surface area contributed by atoms with E-state index in [-0.39, 0.29) is 0 Å². The number of aliphatic carboxylic acids is 1. The molecule has 0 aromatic rings. The number of hydrogen-bond donors (Lipinski definition) is 3. The molecule has 0 heterocycles. The predicted octanol–water partition coefficient (Wildman–Crippen LogP) is -0.593. The van der Waals surface area contributed by atoms with E-state index in [0.717, 1.165) is 0 Å². The number of rotatable bonds is 1. The largest absolute Gasteiger partial charge is 0.481 e. The van der Waals surface area contributed by atoms with E-state index < -0.39 is 24.1 Å². The second-order valence-electron chi connectivity index (χ2n) is 2.76. The fraction of sp³-hybridized carbons (Fsp3) is 0.714. The molecule has 0 bridgehead atoms. The van der Waals surface area contributed by atoms with Gasteiger partial charge in [-0.15, -0.1) is 0 Å². The van der Waals surface area contributed by atoms with E-state index in [2.05, 4.69) is 0 Å². The first-order valence-corrected chi connectivity index (χ1v) is 3.53. The van der Waals surface area contributed by atoms with Crippen LogP contribution in [0.4, 0.5) is 0 Å². The maximum absolute atomic E-state index is 10.4. The zero-order chi connectivity index (χ0) is 8.43. The SMILES string of the molecule is O=C(O)C1C(O)C[CH]CC1O. The van der Waals surface area contributed by atoms with Crippen molar-refractivity contribution in [1.29, 1.82) is 0 Å². The lowest BCUT2D eigenvalue weighted by Gasteiger charge is -2.28. The number of carbonyl (C=O) groups is 1. The molecule has 11 heavy (non-hydrogen) atoms. The van der Waals surface area contributed by atoms with Crippen LogP contribution in [-0.2, 0) is 4.79 Å². The maximum Gasteiger partial charge on any atom is 0.311 e. The summed E-state index contributed by atoms with van der Waals surface area (Å²) in [4.78, 5) is 10.4. The van der Waals surface area contributed by atoms with E-state index in [0.29, 0.717) is 12.8 Å². The monoisotopic (exact) mass is 159 g/mol. The first-order valence-electron chi connectivity index (χ1n) is 3.53. The zero-order valence-corrected chi connectivity index (χ0v) is 5.97. The van der Waals surface area contributed by atoms with Gasteiger partial charge in [0.15, 0.2) is 0 Å². The summed E-state index contributed by atoms with van der Waals surface area (Å²) in [7, 11) is 0. The third-order valence-corrected chi connectivity index (χ3v) is 1.93. The molecule has 2 unspecified atom stereocenters. The first-order chi connectivity index (χ1) is 5.13. The molecular formula is C7H11O4. The molecule has 1 radical (unpaired) electrons. The molecular weight excluding hydrogens is 148 g/mol. The Bertz CT molecular complexity index is 147. The van der Waals surface area contributed by atoms with Crippen LogP contribution in [0, 0.1) is 12.3 Å². The summed E-state index contributed by atoms with van der Waals surface area (Å²) in [6.07, 6.45) is 0.545. The highest BCUT2D eigenvalue weighted by Gasteiger charge is 2.36. The lowest BCUT2D eigenvalue weighted by Crippen LogP contribution is -2.41. The summed E-state index contributed by atoms with van der Waals surface area (Å²) in [5, 5.41) is 26.8. The molecule has 0 aromatic carbocycles. The topological polar surface area (TPSA) is 77.8 Å². The average Bonchev–Trinajstić information content (AvgIpc) is 1.85. The minimum atomic E-state index is -1.13. The van der Waals surface area contributed by atoms with Crippen molar-refractivity contribution in [1.82, 2.24) is 0 Å². The van der Waals surface area contributed by atoms with E-state index in [1.807, 2.05) is 0 Å². The summed E-state index contributed by atoms with van der Waals surface area (Å²) < 4.78 is 0. The fourth-order valence-electron chi connectivity index (χ4n) is 1.32. The van der Waals surface area contributed by atoms with Gasteiger partial charge in [0, 0.05) is 0 Å². The molecule has 0 amide bonds. The van der Waals surface area contributed by atoms with Crippen LogP contribution in [0.1, 0.15) is 12.8 Å². The normalized spacial score (nSPS) is 38.5. The van der Waals surface area contributed by atoms with Crippen LogP contribution in [0.3, 0.4) is 0 Å². The van der Waals surface area contributed by atoms with Gasteiger partial charge >= 0.3 is 5.97 Å². The van der Waals surface area contributed by atoms with Crippen molar-refractivity contribution >= 4 is 5.97 Å². The molecule has 2 atom stereocenters. The van der Waals surface area contributed by atoms with Gasteiger partial charge in [0.05, 0.1) is 12.2 Å².